The van der Waals surface area contributed by atoms with Crippen LogP contribution in [-0.4, -0.2) is 54.1 Å². The molecule has 0 atom stereocenters. The van der Waals surface area contributed by atoms with Crippen molar-refractivity contribution in [3.05, 3.63) is 48.0 Å². The molecule has 1 aliphatic heterocycles. The second kappa shape index (κ2) is 6.60. The fourth-order valence-corrected chi connectivity index (χ4v) is 2.55. The first-order chi connectivity index (χ1) is 11.2. The summed E-state index contributed by atoms with van der Waals surface area (Å²) in [5.74, 6) is 0.0811. The van der Waals surface area contributed by atoms with E-state index in [1.807, 2.05) is 4.90 Å². The maximum absolute atomic E-state index is 13.7. The van der Waals surface area contributed by atoms with E-state index >= 15 is 0 Å². The van der Waals surface area contributed by atoms with Crippen molar-refractivity contribution < 1.29 is 13.9 Å². The van der Waals surface area contributed by atoms with Gasteiger partial charge < -0.3 is 14.5 Å². The number of benzene rings is 1. The van der Waals surface area contributed by atoms with Crippen molar-refractivity contribution >= 4 is 11.9 Å². The molecule has 2 aromatic rings. The van der Waals surface area contributed by atoms with E-state index in [1.165, 1.54) is 19.2 Å². The van der Waals surface area contributed by atoms with Crippen LogP contribution in [0.3, 0.4) is 0 Å². The van der Waals surface area contributed by atoms with E-state index in [0.29, 0.717) is 37.7 Å². The molecule has 1 aromatic carbocycles. The lowest BCUT2D eigenvalue weighted by Crippen LogP contribution is -2.49. The molecule has 1 aromatic heterocycles. The zero-order valence-electron chi connectivity index (χ0n) is 12.8. The molecule has 120 valence electrons. The van der Waals surface area contributed by atoms with E-state index in [0.717, 1.165) is 0 Å². The highest BCUT2D eigenvalue weighted by molar-refractivity contribution is 5.94. The van der Waals surface area contributed by atoms with E-state index in [9.17, 15) is 9.18 Å². The van der Waals surface area contributed by atoms with E-state index in [2.05, 4.69) is 9.97 Å². The maximum Gasteiger partial charge on any atom is 0.254 e. The second-order valence-corrected chi connectivity index (χ2v) is 5.18. The van der Waals surface area contributed by atoms with Crippen molar-refractivity contribution in [2.45, 2.75) is 0 Å². The number of rotatable bonds is 3. The Bertz CT molecular complexity index is 688. The molecule has 1 saturated heterocycles. The van der Waals surface area contributed by atoms with E-state index in [1.54, 1.807) is 29.4 Å². The summed E-state index contributed by atoms with van der Waals surface area (Å²) in [6, 6.07) is 6.03. The van der Waals surface area contributed by atoms with Crippen LogP contribution in [0.2, 0.25) is 0 Å². The molecular formula is C16H17FN4O2. The van der Waals surface area contributed by atoms with Crippen molar-refractivity contribution in [2.75, 3.05) is 38.2 Å². The molecule has 3 rings (SSSR count). The zero-order chi connectivity index (χ0) is 16.2. The minimum Gasteiger partial charge on any atom is -0.494 e. The highest BCUT2D eigenvalue weighted by atomic mass is 19.1. The van der Waals surface area contributed by atoms with Gasteiger partial charge in [-0.2, -0.15) is 0 Å². The van der Waals surface area contributed by atoms with E-state index in [4.69, 9.17) is 4.74 Å². The standard InChI is InChI=1S/C16H17FN4O2/c1-23-14-4-3-12(11-13(14)17)15(22)20-7-9-21(10-8-20)16-18-5-2-6-19-16/h2-6,11H,7-10H2,1H3. The number of piperazine rings is 1. The van der Waals surface area contributed by atoms with Gasteiger partial charge >= 0.3 is 0 Å². The lowest BCUT2D eigenvalue weighted by molar-refractivity contribution is 0.0745. The van der Waals surface area contributed by atoms with Gasteiger partial charge in [-0.15, -0.1) is 0 Å². The number of aromatic nitrogens is 2. The number of anilines is 1. The molecule has 23 heavy (non-hydrogen) atoms. The van der Waals surface area contributed by atoms with Gasteiger partial charge in [0.25, 0.3) is 5.91 Å². The van der Waals surface area contributed by atoms with Crippen LogP contribution in [0.4, 0.5) is 10.3 Å². The summed E-state index contributed by atoms with van der Waals surface area (Å²) in [6.45, 7) is 2.39. The molecular weight excluding hydrogens is 299 g/mol. The van der Waals surface area contributed by atoms with Crippen LogP contribution >= 0.6 is 0 Å². The Morgan fingerprint density at radius 2 is 1.87 bits per heavy atom. The first kappa shape index (κ1) is 15.2. The van der Waals surface area contributed by atoms with Crippen molar-refractivity contribution in [3.8, 4) is 5.75 Å². The summed E-state index contributed by atoms with van der Waals surface area (Å²) >= 11 is 0. The summed E-state index contributed by atoms with van der Waals surface area (Å²) in [5, 5.41) is 0. The molecule has 6 nitrogen and oxygen atoms in total. The van der Waals surface area contributed by atoms with Crippen molar-refractivity contribution in [3.63, 3.8) is 0 Å². The van der Waals surface area contributed by atoms with Gasteiger partial charge in [0.05, 0.1) is 7.11 Å². The zero-order valence-corrected chi connectivity index (χ0v) is 12.8. The third kappa shape index (κ3) is 3.23. The van der Waals surface area contributed by atoms with Crippen LogP contribution in [-0.2, 0) is 0 Å². The fraction of sp³-hybridized carbons (Fsp3) is 0.312. The van der Waals surface area contributed by atoms with Gasteiger partial charge in [-0.05, 0) is 24.3 Å². The van der Waals surface area contributed by atoms with Gasteiger partial charge in [-0.1, -0.05) is 0 Å². The molecule has 0 saturated carbocycles. The lowest BCUT2D eigenvalue weighted by Gasteiger charge is -2.34. The van der Waals surface area contributed by atoms with Crippen molar-refractivity contribution in [1.29, 1.82) is 0 Å². The Balaban J connectivity index is 1.65. The van der Waals surface area contributed by atoms with Gasteiger partial charge in [0.15, 0.2) is 11.6 Å². The van der Waals surface area contributed by atoms with Gasteiger partial charge in [0.2, 0.25) is 5.95 Å². The van der Waals surface area contributed by atoms with Crippen molar-refractivity contribution in [2.24, 2.45) is 0 Å². The smallest absolute Gasteiger partial charge is 0.254 e. The normalized spacial score (nSPS) is 14.7. The summed E-state index contributed by atoms with van der Waals surface area (Å²) < 4.78 is 18.6. The summed E-state index contributed by atoms with van der Waals surface area (Å²) in [4.78, 5) is 24.6. The molecule has 0 bridgehead atoms. The topological polar surface area (TPSA) is 58.6 Å². The predicted octanol–water partition coefficient (Wildman–Crippen LogP) is 1.59. The van der Waals surface area contributed by atoms with Crippen LogP contribution < -0.4 is 9.64 Å². The van der Waals surface area contributed by atoms with Crippen LogP contribution in [0.5, 0.6) is 5.75 Å². The molecule has 0 N–H and O–H groups in total. The molecule has 0 unspecified atom stereocenters. The highest BCUT2D eigenvalue weighted by Crippen LogP contribution is 2.19. The quantitative estimate of drug-likeness (QED) is 0.860. The van der Waals surface area contributed by atoms with E-state index < -0.39 is 5.82 Å². The minimum atomic E-state index is -0.533. The molecule has 0 radical (unpaired) electrons. The summed E-state index contributed by atoms with van der Waals surface area (Å²) in [5.41, 5.74) is 0.327. The molecule has 1 aliphatic rings. The number of carbonyl (C=O) groups excluding carboxylic acids is 1. The number of halogens is 1. The van der Waals surface area contributed by atoms with Crippen LogP contribution in [0.25, 0.3) is 0 Å². The number of hydrogen-bond donors (Lipinski definition) is 0. The lowest BCUT2D eigenvalue weighted by atomic mass is 10.1. The number of hydrogen-bond acceptors (Lipinski definition) is 5. The largest absolute Gasteiger partial charge is 0.494 e. The monoisotopic (exact) mass is 316 g/mol. The SMILES string of the molecule is COc1ccc(C(=O)N2CCN(c3ncccn3)CC2)cc1F. The Labute approximate surface area is 133 Å². The number of carbonyl (C=O) groups is 1. The third-order valence-electron chi connectivity index (χ3n) is 3.80. The Morgan fingerprint density at radius 3 is 2.48 bits per heavy atom. The minimum absolute atomic E-state index is 0.132. The molecule has 7 heteroatoms. The first-order valence-corrected chi connectivity index (χ1v) is 7.34. The maximum atomic E-state index is 13.7. The van der Waals surface area contributed by atoms with Crippen LogP contribution in [0, 0.1) is 5.82 Å². The molecule has 0 aliphatic carbocycles. The second-order valence-electron chi connectivity index (χ2n) is 5.18. The average Bonchev–Trinajstić information content (AvgIpc) is 2.62. The van der Waals surface area contributed by atoms with Crippen LogP contribution in [0.15, 0.2) is 36.7 Å². The average molecular weight is 316 g/mol. The van der Waals surface area contributed by atoms with Gasteiger partial charge in [0.1, 0.15) is 0 Å². The number of ether oxygens (including phenoxy) is 1. The summed E-state index contributed by atoms with van der Waals surface area (Å²) in [7, 11) is 1.39. The third-order valence-corrected chi connectivity index (χ3v) is 3.80. The number of nitrogens with zero attached hydrogens (tertiary/aromatic N) is 4. The van der Waals surface area contributed by atoms with Crippen LogP contribution in [0.1, 0.15) is 10.4 Å². The van der Waals surface area contributed by atoms with Crippen molar-refractivity contribution in [1.82, 2.24) is 14.9 Å². The molecule has 1 amide bonds. The Kier molecular flexibility index (Phi) is 4.36. The Morgan fingerprint density at radius 1 is 1.17 bits per heavy atom. The predicted molar refractivity (Wildman–Crippen MR) is 83.1 cm³/mol. The Hall–Kier alpha value is -2.70. The number of methoxy groups -OCH3 is 1. The highest BCUT2D eigenvalue weighted by Gasteiger charge is 2.23. The molecule has 0 spiro atoms. The van der Waals surface area contributed by atoms with E-state index in [-0.39, 0.29) is 11.7 Å². The molecule has 2 heterocycles. The molecule has 1 fully saturated rings. The fourth-order valence-electron chi connectivity index (χ4n) is 2.55. The summed E-state index contributed by atoms with van der Waals surface area (Å²) in [6.07, 6.45) is 3.39. The first-order valence-electron chi connectivity index (χ1n) is 7.34. The van der Waals surface area contributed by atoms with Gasteiger partial charge in [0, 0.05) is 44.1 Å². The number of amides is 1. The van der Waals surface area contributed by atoms with Gasteiger partial charge in [-0.25, -0.2) is 14.4 Å². The van der Waals surface area contributed by atoms with Gasteiger partial charge in [-0.3, -0.25) is 4.79 Å².